The smallest absolute Gasteiger partial charge is 0.125 e. The van der Waals surface area contributed by atoms with Gasteiger partial charge in [0.1, 0.15) is 5.82 Å². The van der Waals surface area contributed by atoms with Crippen molar-refractivity contribution in [3.05, 3.63) is 29.0 Å². The molecule has 1 saturated carbocycles. The molecule has 2 nitrogen and oxygen atoms in total. The van der Waals surface area contributed by atoms with Crippen LogP contribution < -0.4 is 0 Å². The molecule has 0 bridgehead atoms. The largest absolute Gasteiger partial charge is 0.323 e. The summed E-state index contributed by atoms with van der Waals surface area (Å²) in [5.41, 5.74) is 2.01. The number of halogens is 2. The van der Waals surface area contributed by atoms with E-state index in [-0.39, 0.29) is 0 Å². The summed E-state index contributed by atoms with van der Waals surface area (Å²) in [6.07, 6.45) is 4.94. The van der Waals surface area contributed by atoms with Crippen LogP contribution in [0.15, 0.2) is 18.2 Å². The topological polar surface area (TPSA) is 17.8 Å². The van der Waals surface area contributed by atoms with Crippen molar-refractivity contribution < 1.29 is 0 Å². The second kappa shape index (κ2) is 5.34. The van der Waals surface area contributed by atoms with Crippen LogP contribution in [-0.2, 0) is 5.88 Å². The predicted molar refractivity (Wildman–Crippen MR) is 81.0 cm³/mol. The van der Waals surface area contributed by atoms with Crippen LogP contribution in [0.3, 0.4) is 0 Å². The van der Waals surface area contributed by atoms with Gasteiger partial charge < -0.3 is 4.57 Å². The Bertz CT molecular complexity index is 583. The highest BCUT2D eigenvalue weighted by Crippen LogP contribution is 2.37. The zero-order chi connectivity index (χ0) is 13.4. The number of nitrogens with zero attached hydrogens (tertiary/aromatic N) is 2. The van der Waals surface area contributed by atoms with E-state index in [4.69, 9.17) is 23.2 Å². The molecule has 0 amide bonds. The van der Waals surface area contributed by atoms with Gasteiger partial charge in [0.15, 0.2) is 0 Å². The molecule has 0 saturated heterocycles. The monoisotopic (exact) mass is 296 g/mol. The standard InChI is InChI=1S/C15H18Cl2N2/c1-10-5-7-11(8-6-10)19-14(9-16)18-13-4-2-3-12(17)15(13)19/h2-4,10-11H,5-9H2,1H3. The highest BCUT2D eigenvalue weighted by Gasteiger charge is 2.24. The Morgan fingerprint density at radius 3 is 2.68 bits per heavy atom. The summed E-state index contributed by atoms with van der Waals surface area (Å²) in [5.74, 6) is 2.22. The Morgan fingerprint density at radius 1 is 1.26 bits per heavy atom. The summed E-state index contributed by atoms with van der Waals surface area (Å²) in [4.78, 5) is 4.63. The first-order valence-corrected chi connectivity index (χ1v) is 7.83. The Morgan fingerprint density at radius 2 is 2.00 bits per heavy atom. The Labute approximate surface area is 123 Å². The van der Waals surface area contributed by atoms with E-state index < -0.39 is 0 Å². The molecule has 2 aromatic rings. The van der Waals surface area contributed by atoms with Crippen LogP contribution in [0, 0.1) is 5.92 Å². The minimum atomic E-state index is 0.442. The van der Waals surface area contributed by atoms with Crippen molar-refractivity contribution in [1.29, 1.82) is 0 Å². The third kappa shape index (κ3) is 2.36. The third-order valence-corrected chi connectivity index (χ3v) is 4.75. The molecule has 0 unspecified atom stereocenters. The number of benzene rings is 1. The van der Waals surface area contributed by atoms with Gasteiger partial charge in [-0.25, -0.2) is 4.98 Å². The zero-order valence-electron chi connectivity index (χ0n) is 11.1. The Hall–Kier alpha value is -0.730. The molecule has 4 heteroatoms. The molecule has 102 valence electrons. The minimum absolute atomic E-state index is 0.442. The maximum Gasteiger partial charge on any atom is 0.125 e. The number of hydrogen-bond acceptors (Lipinski definition) is 1. The molecule has 19 heavy (non-hydrogen) atoms. The van der Waals surface area contributed by atoms with E-state index in [0.29, 0.717) is 11.9 Å². The van der Waals surface area contributed by atoms with Gasteiger partial charge in [0.05, 0.1) is 21.9 Å². The number of rotatable bonds is 2. The molecule has 1 aliphatic carbocycles. The van der Waals surface area contributed by atoms with Crippen LogP contribution >= 0.6 is 23.2 Å². The van der Waals surface area contributed by atoms with Crippen LogP contribution in [0.4, 0.5) is 0 Å². The molecule has 1 aliphatic rings. The summed E-state index contributed by atoms with van der Waals surface area (Å²) in [6.45, 7) is 2.33. The SMILES string of the molecule is CC1CCC(n2c(CCl)nc3cccc(Cl)c32)CC1. The minimum Gasteiger partial charge on any atom is -0.323 e. The quantitative estimate of drug-likeness (QED) is 0.698. The van der Waals surface area contributed by atoms with Gasteiger partial charge in [-0.1, -0.05) is 24.6 Å². The number of fused-ring (bicyclic) bond motifs is 1. The highest BCUT2D eigenvalue weighted by atomic mass is 35.5. The average Bonchev–Trinajstić information content (AvgIpc) is 2.80. The lowest BCUT2D eigenvalue weighted by molar-refractivity contribution is 0.290. The lowest BCUT2D eigenvalue weighted by Gasteiger charge is -2.29. The van der Waals surface area contributed by atoms with Crippen molar-refractivity contribution in [3.63, 3.8) is 0 Å². The van der Waals surface area contributed by atoms with E-state index >= 15 is 0 Å². The van der Waals surface area contributed by atoms with Crippen molar-refractivity contribution in [1.82, 2.24) is 9.55 Å². The maximum absolute atomic E-state index is 6.38. The highest BCUT2D eigenvalue weighted by molar-refractivity contribution is 6.35. The van der Waals surface area contributed by atoms with Crippen LogP contribution in [0.1, 0.15) is 44.5 Å². The van der Waals surface area contributed by atoms with Gasteiger partial charge in [0.2, 0.25) is 0 Å². The summed E-state index contributed by atoms with van der Waals surface area (Å²) >= 11 is 12.5. The molecule has 1 aromatic heterocycles. The Balaban J connectivity index is 2.10. The molecule has 3 rings (SSSR count). The molecule has 0 radical (unpaired) electrons. The van der Waals surface area contributed by atoms with Gasteiger partial charge in [0, 0.05) is 6.04 Å². The molecule has 0 N–H and O–H groups in total. The number of para-hydroxylation sites is 1. The van der Waals surface area contributed by atoms with E-state index in [0.717, 1.165) is 27.8 Å². The van der Waals surface area contributed by atoms with Crippen molar-refractivity contribution >= 4 is 34.2 Å². The lowest BCUT2D eigenvalue weighted by Crippen LogP contribution is -2.18. The second-order valence-electron chi connectivity index (χ2n) is 5.55. The molecule has 0 atom stereocenters. The van der Waals surface area contributed by atoms with E-state index in [9.17, 15) is 0 Å². The number of alkyl halides is 1. The molecular formula is C15H18Cl2N2. The van der Waals surface area contributed by atoms with Gasteiger partial charge in [-0.15, -0.1) is 11.6 Å². The Kier molecular flexibility index (Phi) is 3.72. The fourth-order valence-electron chi connectivity index (χ4n) is 3.14. The first-order chi connectivity index (χ1) is 9.20. The molecule has 1 aromatic carbocycles. The van der Waals surface area contributed by atoms with E-state index in [1.54, 1.807) is 0 Å². The lowest BCUT2D eigenvalue weighted by atomic mass is 9.87. The van der Waals surface area contributed by atoms with Crippen molar-refractivity contribution in [3.8, 4) is 0 Å². The van der Waals surface area contributed by atoms with Gasteiger partial charge in [-0.3, -0.25) is 0 Å². The van der Waals surface area contributed by atoms with E-state index in [2.05, 4.69) is 16.5 Å². The van der Waals surface area contributed by atoms with Crippen LogP contribution in [0.2, 0.25) is 5.02 Å². The second-order valence-corrected chi connectivity index (χ2v) is 6.23. The number of imidazole rings is 1. The normalized spacial score (nSPS) is 23.9. The van der Waals surface area contributed by atoms with E-state index in [1.807, 2.05) is 18.2 Å². The molecular weight excluding hydrogens is 279 g/mol. The number of aromatic nitrogens is 2. The summed E-state index contributed by atoms with van der Waals surface area (Å²) in [7, 11) is 0. The summed E-state index contributed by atoms with van der Waals surface area (Å²) < 4.78 is 2.29. The maximum atomic E-state index is 6.38. The van der Waals surface area contributed by atoms with Gasteiger partial charge >= 0.3 is 0 Å². The fraction of sp³-hybridized carbons (Fsp3) is 0.533. The number of hydrogen-bond donors (Lipinski definition) is 0. The van der Waals surface area contributed by atoms with Crippen LogP contribution in [0.25, 0.3) is 11.0 Å². The van der Waals surface area contributed by atoms with Gasteiger partial charge in [-0.2, -0.15) is 0 Å². The van der Waals surface area contributed by atoms with Crippen LogP contribution in [0.5, 0.6) is 0 Å². The van der Waals surface area contributed by atoms with Gasteiger partial charge in [0.25, 0.3) is 0 Å². The predicted octanol–water partition coefficient (Wildman–Crippen LogP) is 5.18. The fourth-order valence-corrected chi connectivity index (χ4v) is 3.59. The van der Waals surface area contributed by atoms with Crippen molar-refractivity contribution in [2.45, 2.75) is 44.5 Å². The van der Waals surface area contributed by atoms with Crippen molar-refractivity contribution in [2.75, 3.05) is 0 Å². The summed E-state index contributed by atoms with van der Waals surface area (Å²) in [5, 5.41) is 0.778. The molecule has 0 spiro atoms. The zero-order valence-corrected chi connectivity index (χ0v) is 12.6. The first kappa shape index (κ1) is 13.3. The average molecular weight is 297 g/mol. The summed E-state index contributed by atoms with van der Waals surface area (Å²) in [6, 6.07) is 6.39. The third-order valence-electron chi connectivity index (χ3n) is 4.20. The molecule has 0 aliphatic heterocycles. The van der Waals surface area contributed by atoms with E-state index in [1.165, 1.54) is 25.7 Å². The van der Waals surface area contributed by atoms with Crippen molar-refractivity contribution in [2.24, 2.45) is 5.92 Å². The molecule has 1 fully saturated rings. The van der Waals surface area contributed by atoms with Crippen LogP contribution in [-0.4, -0.2) is 9.55 Å². The first-order valence-electron chi connectivity index (χ1n) is 6.92. The van der Waals surface area contributed by atoms with Gasteiger partial charge in [-0.05, 0) is 43.7 Å². The molecule has 1 heterocycles.